The van der Waals surface area contributed by atoms with Crippen LogP contribution in [0.2, 0.25) is 0 Å². The van der Waals surface area contributed by atoms with Crippen LogP contribution in [0.15, 0.2) is 6.07 Å². The number of anilines is 1. The number of hydrogen-bond donors (Lipinski definition) is 1. The largest absolute Gasteiger partial charge is 0.474 e. The summed E-state index contributed by atoms with van der Waals surface area (Å²) in [5, 5.41) is 3.26. The molecule has 0 bridgehead atoms. The number of nitrogens with zero attached hydrogens (tertiary/aromatic N) is 2. The Bertz CT molecular complexity index is 398. The SMILES string of the molecule is CCCc1nc(NCC)cc(OC2CCCC(C)C2)n1. The van der Waals surface area contributed by atoms with Gasteiger partial charge < -0.3 is 10.1 Å². The maximum absolute atomic E-state index is 6.11. The third-order valence-corrected chi connectivity index (χ3v) is 3.76. The van der Waals surface area contributed by atoms with Gasteiger partial charge >= 0.3 is 0 Å². The highest BCUT2D eigenvalue weighted by atomic mass is 16.5. The average molecular weight is 277 g/mol. The Kier molecular flexibility index (Phi) is 5.62. The Morgan fingerprint density at radius 1 is 1.30 bits per heavy atom. The molecule has 1 aliphatic rings. The fraction of sp³-hybridized carbons (Fsp3) is 0.750. The molecule has 2 unspecified atom stereocenters. The molecule has 1 fully saturated rings. The van der Waals surface area contributed by atoms with E-state index in [2.05, 4.69) is 36.1 Å². The van der Waals surface area contributed by atoms with Crippen LogP contribution in [0.4, 0.5) is 5.82 Å². The van der Waals surface area contributed by atoms with Crippen LogP contribution in [0.25, 0.3) is 0 Å². The summed E-state index contributed by atoms with van der Waals surface area (Å²) in [7, 11) is 0. The van der Waals surface area contributed by atoms with Gasteiger partial charge in [-0.3, -0.25) is 0 Å². The minimum Gasteiger partial charge on any atom is -0.474 e. The fourth-order valence-electron chi connectivity index (χ4n) is 2.80. The highest BCUT2D eigenvalue weighted by Crippen LogP contribution is 2.27. The summed E-state index contributed by atoms with van der Waals surface area (Å²) in [5.41, 5.74) is 0. The molecule has 0 aromatic carbocycles. The summed E-state index contributed by atoms with van der Waals surface area (Å²) in [4.78, 5) is 9.07. The summed E-state index contributed by atoms with van der Waals surface area (Å²) in [6.07, 6.45) is 7.15. The molecule has 1 aromatic rings. The molecule has 0 amide bonds. The molecule has 1 heterocycles. The van der Waals surface area contributed by atoms with Crippen molar-refractivity contribution < 1.29 is 4.74 Å². The van der Waals surface area contributed by atoms with Crippen LogP contribution >= 0.6 is 0 Å². The molecule has 0 aliphatic heterocycles. The second-order valence-electron chi connectivity index (χ2n) is 5.80. The monoisotopic (exact) mass is 277 g/mol. The van der Waals surface area contributed by atoms with Crippen molar-refractivity contribution >= 4 is 5.82 Å². The van der Waals surface area contributed by atoms with Crippen molar-refractivity contribution in [2.75, 3.05) is 11.9 Å². The van der Waals surface area contributed by atoms with Gasteiger partial charge in [-0.25, -0.2) is 4.98 Å². The third-order valence-electron chi connectivity index (χ3n) is 3.76. The van der Waals surface area contributed by atoms with E-state index in [0.29, 0.717) is 6.10 Å². The lowest BCUT2D eigenvalue weighted by atomic mass is 9.89. The zero-order chi connectivity index (χ0) is 14.4. The van der Waals surface area contributed by atoms with E-state index in [1.165, 1.54) is 12.8 Å². The van der Waals surface area contributed by atoms with E-state index in [0.717, 1.165) is 55.7 Å². The number of aromatic nitrogens is 2. The van der Waals surface area contributed by atoms with Gasteiger partial charge in [0.1, 0.15) is 17.7 Å². The van der Waals surface area contributed by atoms with Crippen molar-refractivity contribution in [3.8, 4) is 5.88 Å². The molecular weight excluding hydrogens is 250 g/mol. The van der Waals surface area contributed by atoms with Crippen molar-refractivity contribution in [2.24, 2.45) is 5.92 Å². The first-order valence-corrected chi connectivity index (χ1v) is 7.99. The molecule has 2 atom stereocenters. The van der Waals surface area contributed by atoms with Gasteiger partial charge in [-0.15, -0.1) is 0 Å². The summed E-state index contributed by atoms with van der Waals surface area (Å²) in [5.74, 6) is 3.26. The minimum absolute atomic E-state index is 0.317. The summed E-state index contributed by atoms with van der Waals surface area (Å²) in [6, 6.07) is 1.93. The topological polar surface area (TPSA) is 47.0 Å². The number of ether oxygens (including phenoxy) is 1. The maximum atomic E-state index is 6.11. The van der Waals surface area contributed by atoms with E-state index in [1.54, 1.807) is 0 Å². The van der Waals surface area contributed by atoms with Crippen molar-refractivity contribution in [2.45, 2.75) is 65.4 Å². The smallest absolute Gasteiger partial charge is 0.218 e. The van der Waals surface area contributed by atoms with Crippen molar-refractivity contribution in [1.82, 2.24) is 9.97 Å². The van der Waals surface area contributed by atoms with Crippen LogP contribution in [0.1, 0.15) is 58.7 Å². The highest BCUT2D eigenvalue weighted by Gasteiger charge is 2.21. The minimum atomic E-state index is 0.317. The lowest BCUT2D eigenvalue weighted by molar-refractivity contribution is 0.123. The van der Waals surface area contributed by atoms with E-state index >= 15 is 0 Å². The maximum Gasteiger partial charge on any atom is 0.218 e. The molecular formula is C16H27N3O. The summed E-state index contributed by atoms with van der Waals surface area (Å²) >= 11 is 0. The van der Waals surface area contributed by atoms with E-state index in [4.69, 9.17) is 4.74 Å². The second-order valence-corrected chi connectivity index (χ2v) is 5.80. The number of aryl methyl sites for hydroxylation is 1. The summed E-state index contributed by atoms with van der Waals surface area (Å²) < 4.78 is 6.11. The van der Waals surface area contributed by atoms with Crippen molar-refractivity contribution in [1.29, 1.82) is 0 Å². The Hall–Kier alpha value is -1.32. The van der Waals surface area contributed by atoms with Gasteiger partial charge in [-0.05, 0) is 38.5 Å². The molecule has 112 valence electrons. The van der Waals surface area contributed by atoms with Crippen molar-refractivity contribution in [3.05, 3.63) is 11.9 Å². The normalized spacial score (nSPS) is 22.6. The molecule has 2 rings (SSSR count). The van der Waals surface area contributed by atoms with Crippen LogP contribution < -0.4 is 10.1 Å². The van der Waals surface area contributed by atoms with Crippen molar-refractivity contribution in [3.63, 3.8) is 0 Å². The van der Waals surface area contributed by atoms with Gasteiger partial charge in [0, 0.05) is 19.0 Å². The Morgan fingerprint density at radius 3 is 2.85 bits per heavy atom. The van der Waals surface area contributed by atoms with Gasteiger partial charge in [0.05, 0.1) is 0 Å². The standard InChI is InChI=1S/C16H27N3O/c1-4-7-14-18-15(17-5-2)11-16(19-14)20-13-9-6-8-12(3)10-13/h11-13H,4-10H2,1-3H3,(H,17,18,19). The molecule has 0 spiro atoms. The van der Waals surface area contributed by atoms with Crippen LogP contribution in [-0.2, 0) is 6.42 Å². The Morgan fingerprint density at radius 2 is 2.15 bits per heavy atom. The van der Waals surface area contributed by atoms with E-state index in [1.807, 2.05) is 6.07 Å². The first kappa shape index (κ1) is 15.1. The summed E-state index contributed by atoms with van der Waals surface area (Å²) in [6.45, 7) is 7.39. The molecule has 20 heavy (non-hydrogen) atoms. The van der Waals surface area contributed by atoms with Gasteiger partial charge in [-0.2, -0.15) is 4.98 Å². The quantitative estimate of drug-likeness (QED) is 0.858. The van der Waals surface area contributed by atoms with E-state index in [-0.39, 0.29) is 0 Å². The van der Waals surface area contributed by atoms with E-state index < -0.39 is 0 Å². The second kappa shape index (κ2) is 7.46. The average Bonchev–Trinajstić information content (AvgIpc) is 2.39. The molecule has 0 saturated heterocycles. The number of rotatable bonds is 6. The van der Waals surface area contributed by atoms with Gasteiger partial charge in [-0.1, -0.05) is 20.3 Å². The zero-order valence-electron chi connectivity index (χ0n) is 13.0. The van der Waals surface area contributed by atoms with Gasteiger partial charge in [0.2, 0.25) is 5.88 Å². The molecule has 0 radical (unpaired) electrons. The highest BCUT2D eigenvalue weighted by molar-refractivity contribution is 5.38. The van der Waals surface area contributed by atoms with Crippen LogP contribution in [-0.4, -0.2) is 22.6 Å². The van der Waals surface area contributed by atoms with E-state index in [9.17, 15) is 0 Å². The van der Waals surface area contributed by atoms with Crippen LogP contribution in [0, 0.1) is 5.92 Å². The molecule has 1 aliphatic carbocycles. The molecule has 4 nitrogen and oxygen atoms in total. The Labute approximate surface area is 122 Å². The lowest BCUT2D eigenvalue weighted by Crippen LogP contribution is -2.24. The fourth-order valence-corrected chi connectivity index (χ4v) is 2.80. The van der Waals surface area contributed by atoms with Crippen LogP contribution in [0.3, 0.4) is 0 Å². The molecule has 1 saturated carbocycles. The molecule has 1 aromatic heterocycles. The molecule has 1 N–H and O–H groups in total. The third kappa shape index (κ3) is 4.36. The number of hydrogen-bond acceptors (Lipinski definition) is 4. The molecule has 4 heteroatoms. The predicted octanol–water partition coefficient (Wildman–Crippen LogP) is 3.82. The van der Waals surface area contributed by atoms with Crippen LogP contribution in [0.5, 0.6) is 5.88 Å². The van der Waals surface area contributed by atoms with Gasteiger partial charge in [0.25, 0.3) is 0 Å². The van der Waals surface area contributed by atoms with Gasteiger partial charge in [0.15, 0.2) is 0 Å². The first-order chi connectivity index (χ1) is 9.71. The number of nitrogens with one attached hydrogen (secondary N) is 1. The predicted molar refractivity (Wildman–Crippen MR) is 82.2 cm³/mol. The zero-order valence-corrected chi connectivity index (χ0v) is 13.0. The lowest BCUT2D eigenvalue weighted by Gasteiger charge is -2.27. The first-order valence-electron chi connectivity index (χ1n) is 7.99. The Balaban J connectivity index is 2.08.